The Hall–Kier alpha value is -1.50. The van der Waals surface area contributed by atoms with Gasteiger partial charge in [-0.1, -0.05) is 0 Å². The van der Waals surface area contributed by atoms with Crippen molar-refractivity contribution < 1.29 is 14.9 Å². The highest BCUT2D eigenvalue weighted by atomic mass is 16.5. The van der Waals surface area contributed by atoms with Crippen LogP contribution in [0.4, 0.5) is 11.4 Å². The molecule has 1 atom stereocenters. The van der Waals surface area contributed by atoms with Crippen LogP contribution in [0.2, 0.25) is 0 Å². The second-order valence-corrected chi connectivity index (χ2v) is 7.34. The molecule has 140 valence electrons. The summed E-state index contributed by atoms with van der Waals surface area (Å²) >= 11 is 0. The van der Waals surface area contributed by atoms with Crippen molar-refractivity contribution >= 4 is 11.4 Å². The number of nitrogens with one attached hydrogen (secondary N) is 2. The summed E-state index contributed by atoms with van der Waals surface area (Å²) in [6, 6.07) is 6.16. The molecule has 2 aliphatic heterocycles. The van der Waals surface area contributed by atoms with E-state index in [0.717, 1.165) is 37.6 Å². The first-order valence-electron chi connectivity index (χ1n) is 9.32. The number of ether oxygens (including phenoxy) is 1. The standard InChI is InChI=1S/C19H31N3O3/c1-25-18-12-15(2-3-17(18)21-13-16(24)14-23)22-10-6-19(7-11-22)4-8-20-9-5-19/h2-3,12,16,20-21,23-24H,4-11,13-14H2,1H3. The van der Waals surface area contributed by atoms with Gasteiger partial charge in [0.25, 0.3) is 0 Å². The SMILES string of the molecule is COc1cc(N2CCC3(CCNCC3)CC2)ccc1NCC(O)CO. The average molecular weight is 349 g/mol. The van der Waals surface area contributed by atoms with E-state index in [0.29, 0.717) is 12.0 Å². The lowest BCUT2D eigenvalue weighted by molar-refractivity contribution is 0.105. The van der Waals surface area contributed by atoms with Gasteiger partial charge in [-0.3, -0.25) is 0 Å². The fourth-order valence-corrected chi connectivity index (χ4v) is 4.01. The van der Waals surface area contributed by atoms with Crippen molar-refractivity contribution in [1.29, 1.82) is 0 Å². The number of rotatable bonds is 6. The predicted octanol–water partition coefficient (Wildman–Crippen LogP) is 1.43. The number of aliphatic hydroxyl groups is 2. The average Bonchev–Trinajstić information content (AvgIpc) is 2.67. The summed E-state index contributed by atoms with van der Waals surface area (Å²) in [5, 5.41) is 25.0. The van der Waals surface area contributed by atoms with E-state index in [4.69, 9.17) is 9.84 Å². The molecule has 25 heavy (non-hydrogen) atoms. The Morgan fingerprint density at radius 2 is 1.96 bits per heavy atom. The van der Waals surface area contributed by atoms with Crippen molar-refractivity contribution in [3.8, 4) is 5.75 Å². The van der Waals surface area contributed by atoms with Gasteiger partial charge in [-0.25, -0.2) is 0 Å². The van der Waals surface area contributed by atoms with Crippen LogP contribution in [-0.4, -0.2) is 62.8 Å². The van der Waals surface area contributed by atoms with Gasteiger partial charge < -0.3 is 30.5 Å². The summed E-state index contributed by atoms with van der Waals surface area (Å²) in [6.07, 6.45) is 4.37. The zero-order chi connectivity index (χ0) is 17.7. The Morgan fingerprint density at radius 1 is 1.24 bits per heavy atom. The summed E-state index contributed by atoms with van der Waals surface area (Å²) < 4.78 is 5.51. The van der Waals surface area contributed by atoms with E-state index >= 15 is 0 Å². The van der Waals surface area contributed by atoms with Crippen molar-refractivity contribution in [2.45, 2.75) is 31.8 Å². The van der Waals surface area contributed by atoms with E-state index in [9.17, 15) is 5.11 Å². The third-order valence-corrected chi connectivity index (χ3v) is 5.78. The topological polar surface area (TPSA) is 77.0 Å². The van der Waals surface area contributed by atoms with E-state index in [-0.39, 0.29) is 6.61 Å². The molecule has 4 N–H and O–H groups in total. The first-order chi connectivity index (χ1) is 12.2. The molecule has 1 aromatic carbocycles. The minimum Gasteiger partial charge on any atom is -0.495 e. The molecule has 2 fully saturated rings. The molecule has 0 aliphatic carbocycles. The minimum atomic E-state index is -0.771. The monoisotopic (exact) mass is 349 g/mol. The molecule has 6 nitrogen and oxygen atoms in total. The van der Waals surface area contributed by atoms with Gasteiger partial charge in [-0.05, 0) is 56.3 Å². The molecule has 1 unspecified atom stereocenters. The third-order valence-electron chi connectivity index (χ3n) is 5.78. The molecule has 0 bridgehead atoms. The molecule has 0 amide bonds. The second-order valence-electron chi connectivity index (χ2n) is 7.34. The zero-order valence-electron chi connectivity index (χ0n) is 15.1. The molecule has 2 aliphatic rings. The van der Waals surface area contributed by atoms with E-state index < -0.39 is 6.10 Å². The fraction of sp³-hybridized carbons (Fsp3) is 0.684. The van der Waals surface area contributed by atoms with Gasteiger partial charge in [-0.15, -0.1) is 0 Å². The normalized spacial score (nSPS) is 21.2. The maximum atomic E-state index is 9.50. The number of methoxy groups -OCH3 is 1. The number of aliphatic hydroxyl groups excluding tert-OH is 2. The van der Waals surface area contributed by atoms with E-state index in [1.165, 1.54) is 31.4 Å². The largest absolute Gasteiger partial charge is 0.495 e. The van der Waals surface area contributed by atoms with Crippen LogP contribution in [0.1, 0.15) is 25.7 Å². The van der Waals surface area contributed by atoms with Gasteiger partial charge in [0.15, 0.2) is 0 Å². The Morgan fingerprint density at radius 3 is 2.60 bits per heavy atom. The van der Waals surface area contributed by atoms with Gasteiger partial charge in [0.05, 0.1) is 25.5 Å². The number of anilines is 2. The molecular formula is C19H31N3O3. The third kappa shape index (κ3) is 4.37. The number of hydrogen-bond acceptors (Lipinski definition) is 6. The van der Waals surface area contributed by atoms with Gasteiger partial charge in [0.1, 0.15) is 5.75 Å². The van der Waals surface area contributed by atoms with Gasteiger partial charge in [0.2, 0.25) is 0 Å². The summed E-state index contributed by atoms with van der Waals surface area (Å²) in [4.78, 5) is 2.45. The maximum Gasteiger partial charge on any atom is 0.144 e. The van der Waals surface area contributed by atoms with Crippen LogP contribution in [0.25, 0.3) is 0 Å². The maximum absolute atomic E-state index is 9.50. The van der Waals surface area contributed by atoms with Crippen molar-refractivity contribution in [1.82, 2.24) is 5.32 Å². The molecule has 0 radical (unpaired) electrons. The summed E-state index contributed by atoms with van der Waals surface area (Å²) in [5.41, 5.74) is 2.58. The lowest BCUT2D eigenvalue weighted by atomic mass is 9.71. The van der Waals surface area contributed by atoms with Crippen LogP contribution in [0.3, 0.4) is 0 Å². The van der Waals surface area contributed by atoms with Gasteiger partial charge in [-0.2, -0.15) is 0 Å². The first-order valence-corrected chi connectivity index (χ1v) is 9.32. The highest BCUT2D eigenvalue weighted by Crippen LogP contribution is 2.41. The molecule has 1 aromatic rings. The summed E-state index contributed by atoms with van der Waals surface area (Å²) in [5.74, 6) is 0.768. The molecule has 3 rings (SSSR count). The van der Waals surface area contributed by atoms with E-state index in [2.05, 4.69) is 27.7 Å². The molecule has 6 heteroatoms. The number of hydrogen-bond donors (Lipinski definition) is 4. The Kier molecular flexibility index (Phi) is 6.04. The predicted molar refractivity (Wildman–Crippen MR) is 101 cm³/mol. The Labute approximate surface area is 150 Å². The van der Waals surface area contributed by atoms with Crippen LogP contribution in [-0.2, 0) is 0 Å². The number of nitrogens with zero attached hydrogens (tertiary/aromatic N) is 1. The van der Waals surface area contributed by atoms with Crippen LogP contribution in [0.5, 0.6) is 5.75 Å². The number of benzene rings is 1. The van der Waals surface area contributed by atoms with Crippen LogP contribution >= 0.6 is 0 Å². The van der Waals surface area contributed by atoms with Crippen molar-refractivity contribution in [3.63, 3.8) is 0 Å². The van der Waals surface area contributed by atoms with Gasteiger partial charge in [0, 0.05) is 31.4 Å². The highest BCUT2D eigenvalue weighted by molar-refractivity contribution is 5.64. The smallest absolute Gasteiger partial charge is 0.144 e. The quantitative estimate of drug-likeness (QED) is 0.622. The van der Waals surface area contributed by atoms with Crippen molar-refractivity contribution in [2.24, 2.45) is 5.41 Å². The van der Waals surface area contributed by atoms with E-state index in [1.54, 1.807) is 7.11 Å². The second kappa shape index (κ2) is 8.25. The molecule has 0 saturated carbocycles. The fourth-order valence-electron chi connectivity index (χ4n) is 4.01. The minimum absolute atomic E-state index is 0.252. The van der Waals surface area contributed by atoms with Crippen LogP contribution < -0.4 is 20.3 Å². The van der Waals surface area contributed by atoms with Crippen LogP contribution in [0, 0.1) is 5.41 Å². The number of piperidine rings is 2. The van der Waals surface area contributed by atoms with Crippen molar-refractivity contribution in [2.75, 3.05) is 56.7 Å². The molecule has 0 aromatic heterocycles. The van der Waals surface area contributed by atoms with E-state index in [1.807, 2.05) is 6.07 Å². The highest BCUT2D eigenvalue weighted by Gasteiger charge is 2.35. The Balaban J connectivity index is 1.63. The lowest BCUT2D eigenvalue weighted by Gasteiger charge is -2.45. The van der Waals surface area contributed by atoms with Crippen LogP contribution in [0.15, 0.2) is 18.2 Å². The molecule has 1 spiro atoms. The molecule has 2 heterocycles. The zero-order valence-corrected chi connectivity index (χ0v) is 15.1. The molecular weight excluding hydrogens is 318 g/mol. The summed E-state index contributed by atoms with van der Waals surface area (Å²) in [6.45, 7) is 4.56. The molecule has 2 saturated heterocycles. The Bertz CT molecular complexity index is 551. The first kappa shape index (κ1) is 18.3. The lowest BCUT2D eigenvalue weighted by Crippen LogP contribution is -2.45. The van der Waals surface area contributed by atoms with Gasteiger partial charge >= 0.3 is 0 Å². The summed E-state index contributed by atoms with van der Waals surface area (Å²) in [7, 11) is 1.66. The van der Waals surface area contributed by atoms with Crippen molar-refractivity contribution in [3.05, 3.63) is 18.2 Å².